The number of nitrogens with zero attached hydrogens (tertiary/aromatic N) is 6. The first kappa shape index (κ1) is 43.3. The molecule has 0 N–H and O–H groups in total. The number of likely N-dealkylation sites (tertiary alicyclic amines) is 2. The molecule has 2 saturated heterocycles. The Bertz CT molecular complexity index is 2240. The second-order valence-corrected chi connectivity index (χ2v) is 17.3. The molecule has 0 saturated carbocycles. The van der Waals surface area contributed by atoms with Gasteiger partial charge >= 0.3 is 12.4 Å². The highest BCUT2D eigenvalue weighted by atomic mass is 32.1. The highest BCUT2D eigenvalue weighted by Gasteiger charge is 2.39. The smallest absolute Gasteiger partial charge is 0.338 e. The molecular weight excluding hydrogens is 831 g/mol. The van der Waals surface area contributed by atoms with Crippen molar-refractivity contribution in [1.29, 1.82) is 0 Å². The van der Waals surface area contributed by atoms with Gasteiger partial charge in [0, 0.05) is 87.0 Å². The fourth-order valence-corrected chi connectivity index (χ4v) is 10.4. The Morgan fingerprint density at radius 3 is 1.43 bits per heavy atom. The maximum absolute atomic E-state index is 13.3. The standard InChI is InChI=1S/2C21H22F3N3O2S/c1-13(28)27-11-8-18-16(12-27)19(25-30-18)20(29)26-9-6-14(7-10-26)15-4-2-3-5-17(15)21(22,23)24;1-13(28)27-11-8-16-18(12-27)30-25-19(16)20(29)26-9-6-14(7-10-26)15-4-2-3-5-17(15)21(22,23)24/h2*2-5,14H,6-12H2,1H3. The third kappa shape index (κ3) is 9.23. The summed E-state index contributed by atoms with van der Waals surface area (Å²) in [6.45, 7) is 6.68. The molecule has 2 fully saturated rings. The molecule has 0 radical (unpaired) electrons. The monoisotopic (exact) mass is 874 g/mol. The summed E-state index contributed by atoms with van der Waals surface area (Å²) < 4.78 is 88.7. The molecule has 0 bridgehead atoms. The number of fused-ring (bicyclic) bond motifs is 2. The largest absolute Gasteiger partial charge is 0.416 e. The molecule has 2 aromatic heterocycles. The number of halogens is 6. The van der Waals surface area contributed by atoms with Crippen LogP contribution in [0.2, 0.25) is 0 Å². The van der Waals surface area contributed by atoms with Gasteiger partial charge in [0.1, 0.15) is 11.4 Å². The molecule has 0 atom stereocenters. The fraction of sp³-hybridized carbons (Fsp3) is 0.476. The number of alkyl halides is 6. The number of piperidine rings is 2. The van der Waals surface area contributed by atoms with Gasteiger partial charge < -0.3 is 19.6 Å². The topological polar surface area (TPSA) is 107 Å². The van der Waals surface area contributed by atoms with E-state index in [2.05, 4.69) is 8.75 Å². The third-order valence-electron chi connectivity index (χ3n) is 11.9. The molecule has 2 aromatic carbocycles. The fourth-order valence-electron chi connectivity index (χ4n) is 8.62. The normalized spacial score (nSPS) is 17.7. The van der Waals surface area contributed by atoms with Gasteiger partial charge in [-0.3, -0.25) is 19.2 Å². The summed E-state index contributed by atoms with van der Waals surface area (Å²) in [5.41, 5.74) is 1.99. The Labute approximate surface area is 351 Å². The molecule has 4 aliphatic heterocycles. The van der Waals surface area contributed by atoms with Crippen molar-refractivity contribution in [3.63, 3.8) is 0 Å². The number of carbonyl (C=O) groups is 4. The van der Waals surface area contributed by atoms with E-state index >= 15 is 0 Å². The summed E-state index contributed by atoms with van der Waals surface area (Å²) in [6.07, 6.45) is -5.54. The Hall–Kier alpha value is -4.84. The molecule has 4 aromatic rings. The zero-order valence-electron chi connectivity index (χ0n) is 33.1. The molecule has 320 valence electrons. The maximum Gasteiger partial charge on any atom is 0.416 e. The van der Waals surface area contributed by atoms with E-state index in [1.165, 1.54) is 55.1 Å². The van der Waals surface area contributed by atoms with Gasteiger partial charge in [0.2, 0.25) is 11.8 Å². The van der Waals surface area contributed by atoms with Crippen molar-refractivity contribution in [3.8, 4) is 0 Å². The van der Waals surface area contributed by atoms with Crippen LogP contribution in [-0.2, 0) is 47.9 Å². The number of rotatable bonds is 4. The van der Waals surface area contributed by atoms with E-state index < -0.39 is 23.5 Å². The van der Waals surface area contributed by atoms with Crippen LogP contribution in [0.3, 0.4) is 0 Å². The van der Waals surface area contributed by atoms with Gasteiger partial charge in [-0.25, -0.2) is 0 Å². The number of aromatic nitrogens is 2. The molecule has 8 rings (SSSR count). The van der Waals surface area contributed by atoms with Crippen molar-refractivity contribution in [1.82, 2.24) is 28.3 Å². The van der Waals surface area contributed by atoms with Gasteiger partial charge in [-0.05, 0) is 90.3 Å². The number of hydrogen-bond donors (Lipinski definition) is 0. The van der Waals surface area contributed by atoms with E-state index in [1.54, 1.807) is 37.8 Å². The van der Waals surface area contributed by atoms with E-state index in [1.807, 2.05) is 0 Å². The Balaban J connectivity index is 0.000000181. The van der Waals surface area contributed by atoms with Gasteiger partial charge in [-0.2, -0.15) is 35.1 Å². The third-order valence-corrected chi connectivity index (χ3v) is 13.7. The average Bonchev–Trinajstić information content (AvgIpc) is 3.87. The Kier molecular flexibility index (Phi) is 12.7. The molecule has 6 heterocycles. The van der Waals surface area contributed by atoms with Crippen LogP contribution in [0.25, 0.3) is 0 Å². The van der Waals surface area contributed by atoms with Crippen molar-refractivity contribution in [2.24, 2.45) is 0 Å². The first-order valence-electron chi connectivity index (χ1n) is 19.9. The zero-order chi connectivity index (χ0) is 42.9. The molecule has 0 aliphatic carbocycles. The minimum atomic E-state index is -4.38. The van der Waals surface area contributed by atoms with Crippen molar-refractivity contribution in [2.75, 3.05) is 39.3 Å². The minimum absolute atomic E-state index is 0.00290. The van der Waals surface area contributed by atoms with E-state index in [0.717, 1.165) is 33.0 Å². The summed E-state index contributed by atoms with van der Waals surface area (Å²) in [6, 6.07) is 11.4. The van der Waals surface area contributed by atoms with E-state index in [0.29, 0.717) is 113 Å². The van der Waals surface area contributed by atoms with Crippen LogP contribution in [-0.4, -0.2) is 91.2 Å². The number of benzene rings is 2. The Morgan fingerprint density at radius 2 is 0.967 bits per heavy atom. The van der Waals surface area contributed by atoms with Crippen LogP contribution in [0.5, 0.6) is 0 Å². The molecule has 0 unspecified atom stereocenters. The lowest BCUT2D eigenvalue weighted by Crippen LogP contribution is -2.40. The summed E-state index contributed by atoms with van der Waals surface area (Å²) in [4.78, 5) is 58.2. The minimum Gasteiger partial charge on any atom is -0.338 e. The first-order chi connectivity index (χ1) is 28.5. The van der Waals surface area contributed by atoms with Crippen molar-refractivity contribution >= 4 is 46.7 Å². The van der Waals surface area contributed by atoms with Crippen LogP contribution < -0.4 is 0 Å². The Morgan fingerprint density at radius 1 is 0.550 bits per heavy atom. The molecule has 4 amide bonds. The molecule has 60 heavy (non-hydrogen) atoms. The lowest BCUT2D eigenvalue weighted by molar-refractivity contribution is -0.139. The zero-order valence-corrected chi connectivity index (χ0v) is 34.7. The average molecular weight is 875 g/mol. The van der Waals surface area contributed by atoms with Gasteiger partial charge in [0.05, 0.1) is 17.7 Å². The van der Waals surface area contributed by atoms with Crippen molar-refractivity contribution in [2.45, 2.75) is 89.7 Å². The quantitative estimate of drug-likeness (QED) is 0.192. The van der Waals surface area contributed by atoms with E-state index in [9.17, 15) is 45.5 Å². The van der Waals surface area contributed by atoms with Crippen molar-refractivity contribution in [3.05, 3.63) is 103 Å². The van der Waals surface area contributed by atoms with Crippen LogP contribution in [0.1, 0.15) is 115 Å². The second-order valence-electron chi connectivity index (χ2n) is 15.5. The summed E-state index contributed by atoms with van der Waals surface area (Å²) in [5.74, 6) is -0.839. The first-order valence-corrected chi connectivity index (χ1v) is 21.4. The molecule has 0 spiro atoms. The van der Waals surface area contributed by atoms with Gasteiger partial charge in [0.25, 0.3) is 11.8 Å². The predicted molar refractivity (Wildman–Crippen MR) is 212 cm³/mol. The SMILES string of the molecule is CC(=O)N1CCc2c(C(=O)N3CCC(c4ccccc4C(F)(F)F)CC3)nsc2C1.CC(=O)N1CCc2snc(C(=O)N3CCC(c4ccccc4C(F)(F)F)CC3)c2C1. The van der Waals surface area contributed by atoms with Gasteiger partial charge in [0.15, 0.2) is 0 Å². The van der Waals surface area contributed by atoms with E-state index in [-0.39, 0.29) is 35.5 Å². The molecule has 4 aliphatic rings. The molecule has 18 heteroatoms. The highest BCUT2D eigenvalue weighted by Crippen LogP contribution is 2.41. The van der Waals surface area contributed by atoms with Crippen LogP contribution in [0.15, 0.2) is 48.5 Å². The van der Waals surface area contributed by atoms with Crippen molar-refractivity contribution < 1.29 is 45.5 Å². The van der Waals surface area contributed by atoms with Crippen LogP contribution in [0.4, 0.5) is 26.3 Å². The molecular formula is C42H44F6N6O4S2. The number of amides is 4. The summed E-state index contributed by atoms with van der Waals surface area (Å²) in [7, 11) is 0. The van der Waals surface area contributed by atoms with Crippen LogP contribution in [0, 0.1) is 0 Å². The molecule has 10 nitrogen and oxygen atoms in total. The van der Waals surface area contributed by atoms with Crippen LogP contribution >= 0.6 is 23.1 Å². The maximum atomic E-state index is 13.3. The number of carbonyl (C=O) groups excluding carboxylic acids is 4. The van der Waals surface area contributed by atoms with E-state index in [4.69, 9.17) is 0 Å². The number of hydrogen-bond acceptors (Lipinski definition) is 8. The van der Waals surface area contributed by atoms with Gasteiger partial charge in [-0.1, -0.05) is 36.4 Å². The second kappa shape index (κ2) is 17.6. The summed E-state index contributed by atoms with van der Waals surface area (Å²) in [5, 5.41) is 0. The predicted octanol–water partition coefficient (Wildman–Crippen LogP) is 8.17. The lowest BCUT2D eigenvalue weighted by atomic mass is 9.86. The summed E-state index contributed by atoms with van der Waals surface area (Å²) >= 11 is 2.55. The lowest BCUT2D eigenvalue weighted by Gasteiger charge is -2.33. The highest BCUT2D eigenvalue weighted by molar-refractivity contribution is 7.06. The van der Waals surface area contributed by atoms with Gasteiger partial charge in [-0.15, -0.1) is 0 Å².